The van der Waals surface area contributed by atoms with Gasteiger partial charge in [-0.1, -0.05) is 41.9 Å². The number of carbonyl (C=O) groups excluding carboxylic acids is 2. The van der Waals surface area contributed by atoms with Gasteiger partial charge in [-0.05, 0) is 30.2 Å². The van der Waals surface area contributed by atoms with Gasteiger partial charge in [-0.3, -0.25) is 9.78 Å². The summed E-state index contributed by atoms with van der Waals surface area (Å²) in [7, 11) is 0. The fourth-order valence-electron chi connectivity index (χ4n) is 2.49. The van der Waals surface area contributed by atoms with Crippen LogP contribution in [0.5, 0.6) is 0 Å². The lowest BCUT2D eigenvalue weighted by molar-refractivity contribution is -0.124. The molecule has 6 heteroatoms. The van der Waals surface area contributed by atoms with Crippen LogP contribution in [0.3, 0.4) is 0 Å². The highest BCUT2D eigenvalue weighted by molar-refractivity contribution is 6.30. The van der Waals surface area contributed by atoms with Crippen molar-refractivity contribution in [3.8, 4) is 0 Å². The van der Waals surface area contributed by atoms with E-state index in [1.165, 1.54) is 12.3 Å². The zero-order valence-electron chi connectivity index (χ0n) is 12.8. The normalized spacial score (nSPS) is 17.3. The first kappa shape index (κ1) is 16.2. The van der Waals surface area contributed by atoms with Crippen LogP contribution in [-0.4, -0.2) is 34.5 Å². The van der Waals surface area contributed by atoms with E-state index in [0.717, 1.165) is 10.5 Å². The third-order valence-electron chi connectivity index (χ3n) is 3.66. The molecule has 1 aliphatic rings. The van der Waals surface area contributed by atoms with Crippen LogP contribution in [0.1, 0.15) is 11.3 Å². The number of carbonyl (C=O) groups is 2. The van der Waals surface area contributed by atoms with Gasteiger partial charge in [0.1, 0.15) is 6.61 Å². The van der Waals surface area contributed by atoms with Crippen LogP contribution in [0, 0.1) is 0 Å². The van der Waals surface area contributed by atoms with E-state index in [-0.39, 0.29) is 12.6 Å². The molecule has 1 atom stereocenters. The quantitative estimate of drug-likeness (QED) is 0.800. The Morgan fingerprint density at radius 1 is 1.29 bits per heavy atom. The molecular weight excluding hydrogens is 328 g/mol. The van der Waals surface area contributed by atoms with E-state index in [9.17, 15) is 9.59 Å². The molecule has 1 saturated heterocycles. The molecule has 0 saturated carbocycles. The van der Waals surface area contributed by atoms with Crippen molar-refractivity contribution in [3.63, 3.8) is 0 Å². The molecule has 0 spiro atoms. The number of cyclic esters (lactones) is 1. The molecule has 0 N–H and O–H groups in total. The SMILES string of the molecule is O=C(C=Cc1ccc(Cl)cn1)N1C(=O)OC[C@@H]1Cc1ccccc1. The van der Waals surface area contributed by atoms with Crippen LogP contribution in [0.15, 0.2) is 54.7 Å². The number of halogens is 1. The number of nitrogens with zero attached hydrogens (tertiary/aromatic N) is 2. The summed E-state index contributed by atoms with van der Waals surface area (Å²) in [6.07, 6.45) is 4.30. The van der Waals surface area contributed by atoms with Crippen LogP contribution in [-0.2, 0) is 16.0 Å². The van der Waals surface area contributed by atoms with Gasteiger partial charge in [0.25, 0.3) is 5.91 Å². The molecule has 2 heterocycles. The van der Waals surface area contributed by atoms with Crippen LogP contribution in [0.2, 0.25) is 5.02 Å². The number of rotatable bonds is 4. The van der Waals surface area contributed by atoms with E-state index in [4.69, 9.17) is 16.3 Å². The number of ether oxygens (including phenoxy) is 1. The van der Waals surface area contributed by atoms with Crippen molar-refractivity contribution >= 4 is 29.7 Å². The molecule has 1 aliphatic heterocycles. The van der Waals surface area contributed by atoms with E-state index in [1.807, 2.05) is 30.3 Å². The Morgan fingerprint density at radius 3 is 2.79 bits per heavy atom. The molecule has 0 bridgehead atoms. The maximum atomic E-state index is 12.4. The first-order valence-corrected chi connectivity index (χ1v) is 7.85. The summed E-state index contributed by atoms with van der Waals surface area (Å²) in [5, 5.41) is 0.518. The molecule has 5 nitrogen and oxygen atoms in total. The van der Waals surface area contributed by atoms with Gasteiger partial charge in [-0.2, -0.15) is 0 Å². The van der Waals surface area contributed by atoms with E-state index in [0.29, 0.717) is 17.1 Å². The highest BCUT2D eigenvalue weighted by Gasteiger charge is 2.36. The largest absolute Gasteiger partial charge is 0.447 e. The van der Waals surface area contributed by atoms with Crippen molar-refractivity contribution in [1.29, 1.82) is 0 Å². The predicted molar refractivity (Wildman–Crippen MR) is 90.4 cm³/mol. The van der Waals surface area contributed by atoms with Crippen molar-refractivity contribution in [2.75, 3.05) is 6.61 Å². The van der Waals surface area contributed by atoms with Crippen molar-refractivity contribution in [1.82, 2.24) is 9.88 Å². The second-order valence-electron chi connectivity index (χ2n) is 5.36. The standard InChI is InChI=1S/C18H15ClN2O3/c19-14-6-7-15(20-11-14)8-9-17(22)21-16(12-24-18(21)23)10-13-4-2-1-3-5-13/h1-9,11,16H,10,12H2/t16-/m0/s1. The molecule has 3 rings (SSSR count). The Morgan fingerprint density at radius 2 is 2.08 bits per heavy atom. The minimum atomic E-state index is -0.616. The molecule has 24 heavy (non-hydrogen) atoms. The lowest BCUT2D eigenvalue weighted by Gasteiger charge is -2.18. The summed E-state index contributed by atoms with van der Waals surface area (Å²) in [5.74, 6) is -0.421. The van der Waals surface area contributed by atoms with Crippen LogP contribution < -0.4 is 0 Å². The van der Waals surface area contributed by atoms with Gasteiger partial charge in [0.2, 0.25) is 0 Å². The molecule has 1 aromatic carbocycles. The van der Waals surface area contributed by atoms with E-state index >= 15 is 0 Å². The molecule has 0 aliphatic carbocycles. The molecular formula is C18H15ClN2O3. The smallest absolute Gasteiger partial charge is 0.417 e. The molecule has 2 aromatic rings. The number of pyridine rings is 1. The van der Waals surface area contributed by atoms with E-state index < -0.39 is 12.0 Å². The molecule has 0 unspecified atom stereocenters. The second-order valence-corrected chi connectivity index (χ2v) is 5.80. The van der Waals surface area contributed by atoms with Crippen molar-refractivity contribution in [3.05, 3.63) is 71.0 Å². The topological polar surface area (TPSA) is 59.5 Å². The number of imide groups is 1. The Bertz CT molecular complexity index is 760. The van der Waals surface area contributed by atoms with Gasteiger partial charge < -0.3 is 4.74 Å². The Labute approximate surface area is 144 Å². The van der Waals surface area contributed by atoms with Gasteiger partial charge in [0, 0.05) is 12.3 Å². The lowest BCUT2D eigenvalue weighted by atomic mass is 10.1. The second kappa shape index (κ2) is 7.27. The number of amides is 2. The summed E-state index contributed by atoms with van der Waals surface area (Å²) in [6, 6.07) is 12.7. The first-order chi connectivity index (χ1) is 11.6. The predicted octanol–water partition coefficient (Wildman–Crippen LogP) is 3.34. The number of benzene rings is 1. The minimum absolute atomic E-state index is 0.201. The summed E-state index contributed by atoms with van der Waals surface area (Å²) < 4.78 is 5.04. The number of hydrogen-bond acceptors (Lipinski definition) is 4. The Kier molecular flexibility index (Phi) is 4.91. The van der Waals surface area contributed by atoms with E-state index in [1.54, 1.807) is 18.2 Å². The Hall–Kier alpha value is -2.66. The maximum absolute atomic E-state index is 12.4. The summed E-state index contributed by atoms with van der Waals surface area (Å²) >= 11 is 5.77. The van der Waals surface area contributed by atoms with Gasteiger partial charge in [0.15, 0.2) is 0 Å². The third-order valence-corrected chi connectivity index (χ3v) is 3.88. The molecule has 1 fully saturated rings. The molecule has 0 radical (unpaired) electrons. The lowest BCUT2D eigenvalue weighted by Crippen LogP contribution is -2.39. The summed E-state index contributed by atoms with van der Waals surface area (Å²) in [6.45, 7) is 0.201. The highest BCUT2D eigenvalue weighted by Crippen LogP contribution is 2.18. The molecule has 2 amide bonds. The molecule has 122 valence electrons. The van der Waals surface area contributed by atoms with Gasteiger partial charge >= 0.3 is 6.09 Å². The number of hydrogen-bond donors (Lipinski definition) is 0. The summed E-state index contributed by atoms with van der Waals surface area (Å²) in [4.78, 5) is 29.5. The number of aromatic nitrogens is 1. The third kappa shape index (κ3) is 3.81. The van der Waals surface area contributed by atoms with Crippen molar-refractivity contribution in [2.45, 2.75) is 12.5 Å². The van der Waals surface area contributed by atoms with Crippen LogP contribution >= 0.6 is 11.6 Å². The minimum Gasteiger partial charge on any atom is -0.447 e. The molecule has 1 aromatic heterocycles. The van der Waals surface area contributed by atoms with Crippen molar-refractivity contribution in [2.24, 2.45) is 0 Å². The fraction of sp³-hybridized carbons (Fsp3) is 0.167. The van der Waals surface area contributed by atoms with E-state index in [2.05, 4.69) is 4.98 Å². The van der Waals surface area contributed by atoms with Crippen LogP contribution in [0.4, 0.5) is 4.79 Å². The first-order valence-electron chi connectivity index (χ1n) is 7.47. The van der Waals surface area contributed by atoms with Crippen LogP contribution in [0.25, 0.3) is 6.08 Å². The van der Waals surface area contributed by atoms with Gasteiger partial charge in [-0.25, -0.2) is 9.69 Å². The average Bonchev–Trinajstić information content (AvgIpc) is 2.95. The van der Waals surface area contributed by atoms with Gasteiger partial charge in [0.05, 0.1) is 16.8 Å². The fourth-order valence-corrected chi connectivity index (χ4v) is 2.60. The van der Waals surface area contributed by atoms with Crippen molar-refractivity contribution < 1.29 is 14.3 Å². The highest BCUT2D eigenvalue weighted by atomic mass is 35.5. The monoisotopic (exact) mass is 342 g/mol. The maximum Gasteiger partial charge on any atom is 0.417 e. The Balaban J connectivity index is 1.71. The zero-order valence-corrected chi connectivity index (χ0v) is 13.5. The average molecular weight is 343 g/mol. The summed E-state index contributed by atoms with van der Waals surface area (Å²) in [5.41, 5.74) is 1.63. The zero-order chi connectivity index (χ0) is 16.9. The van der Waals surface area contributed by atoms with Gasteiger partial charge in [-0.15, -0.1) is 0 Å².